The standard InChI is InChI=1S/C14H10BrF2N7O2S/c1-27(25,26)14-22-12(13-19-4-8(15)24(13)23-14)18-5-9-20-7-3-2-6(16)10(17)11(7)21-9/h2-4H,5H2,1H3,(H,20,21)(H,18,22,23). The second-order valence-electron chi connectivity index (χ2n) is 5.63. The van der Waals surface area contributed by atoms with Gasteiger partial charge < -0.3 is 10.3 Å². The Labute approximate surface area is 158 Å². The Morgan fingerprint density at radius 1 is 1.30 bits per heavy atom. The van der Waals surface area contributed by atoms with E-state index in [1.54, 1.807) is 0 Å². The number of hydrogen-bond donors (Lipinski definition) is 2. The van der Waals surface area contributed by atoms with Gasteiger partial charge in [0.2, 0.25) is 9.84 Å². The number of rotatable bonds is 4. The molecule has 1 aromatic carbocycles. The maximum atomic E-state index is 13.8. The van der Waals surface area contributed by atoms with Crippen molar-refractivity contribution in [1.82, 2.24) is 29.5 Å². The first-order valence-electron chi connectivity index (χ1n) is 7.42. The highest BCUT2D eigenvalue weighted by atomic mass is 79.9. The van der Waals surface area contributed by atoms with Gasteiger partial charge in [0, 0.05) is 6.26 Å². The maximum absolute atomic E-state index is 13.8. The lowest BCUT2D eigenvalue weighted by atomic mass is 10.3. The van der Waals surface area contributed by atoms with Crippen LogP contribution >= 0.6 is 15.9 Å². The Morgan fingerprint density at radius 3 is 2.81 bits per heavy atom. The molecule has 0 spiro atoms. The maximum Gasteiger partial charge on any atom is 0.267 e. The Morgan fingerprint density at radius 2 is 2.07 bits per heavy atom. The molecule has 0 aliphatic rings. The number of hydrogen-bond acceptors (Lipinski definition) is 7. The van der Waals surface area contributed by atoms with E-state index in [1.165, 1.54) is 16.8 Å². The van der Waals surface area contributed by atoms with E-state index in [-0.39, 0.29) is 23.5 Å². The summed E-state index contributed by atoms with van der Waals surface area (Å²) < 4.78 is 52.5. The van der Waals surface area contributed by atoms with Crippen molar-refractivity contribution in [3.8, 4) is 0 Å². The summed E-state index contributed by atoms with van der Waals surface area (Å²) in [7, 11) is -3.67. The van der Waals surface area contributed by atoms with Gasteiger partial charge in [-0.15, -0.1) is 5.10 Å². The summed E-state index contributed by atoms with van der Waals surface area (Å²) in [6.07, 6.45) is 2.43. The van der Waals surface area contributed by atoms with Crippen LogP contribution in [0.1, 0.15) is 5.82 Å². The number of aromatic nitrogens is 6. The van der Waals surface area contributed by atoms with E-state index < -0.39 is 26.6 Å². The van der Waals surface area contributed by atoms with Crippen LogP contribution in [0.2, 0.25) is 0 Å². The minimum atomic E-state index is -3.67. The summed E-state index contributed by atoms with van der Waals surface area (Å²) in [4.78, 5) is 15.0. The molecule has 0 aliphatic carbocycles. The molecule has 9 nitrogen and oxygen atoms in total. The summed E-state index contributed by atoms with van der Waals surface area (Å²) >= 11 is 3.23. The van der Waals surface area contributed by atoms with E-state index in [1.807, 2.05) is 0 Å². The Hall–Kier alpha value is -2.67. The highest BCUT2D eigenvalue weighted by Crippen LogP contribution is 2.21. The lowest BCUT2D eigenvalue weighted by molar-refractivity contribution is 0.515. The lowest BCUT2D eigenvalue weighted by Gasteiger charge is -2.07. The third-order valence-corrected chi connectivity index (χ3v) is 5.03. The Balaban J connectivity index is 1.72. The van der Waals surface area contributed by atoms with Crippen molar-refractivity contribution in [2.45, 2.75) is 11.7 Å². The molecule has 0 radical (unpaired) electrons. The number of sulfone groups is 1. The van der Waals surface area contributed by atoms with Crippen molar-refractivity contribution in [1.29, 1.82) is 0 Å². The van der Waals surface area contributed by atoms with Gasteiger partial charge in [-0.3, -0.25) is 0 Å². The third kappa shape index (κ3) is 3.12. The zero-order chi connectivity index (χ0) is 19.3. The number of nitrogens with zero attached hydrogens (tertiary/aromatic N) is 5. The van der Waals surface area contributed by atoms with Crippen LogP contribution in [0.25, 0.3) is 16.7 Å². The molecule has 0 saturated heterocycles. The molecule has 0 unspecified atom stereocenters. The first-order valence-corrected chi connectivity index (χ1v) is 10.1. The van der Waals surface area contributed by atoms with Gasteiger partial charge in [0.1, 0.15) is 15.9 Å². The smallest absolute Gasteiger partial charge is 0.267 e. The van der Waals surface area contributed by atoms with Crippen LogP contribution in [-0.2, 0) is 16.4 Å². The number of aromatic amines is 1. The molecule has 4 rings (SSSR count). The van der Waals surface area contributed by atoms with Gasteiger partial charge >= 0.3 is 0 Å². The normalized spacial score (nSPS) is 12.1. The molecule has 0 bridgehead atoms. The first-order chi connectivity index (χ1) is 12.7. The summed E-state index contributed by atoms with van der Waals surface area (Å²) in [5.41, 5.74) is 0.488. The zero-order valence-electron chi connectivity index (χ0n) is 13.5. The van der Waals surface area contributed by atoms with Crippen LogP contribution in [0.3, 0.4) is 0 Å². The van der Waals surface area contributed by atoms with Crippen LogP contribution in [0, 0.1) is 11.6 Å². The summed E-state index contributed by atoms with van der Waals surface area (Å²) in [6, 6.07) is 2.38. The molecule has 4 aromatic rings. The van der Waals surface area contributed by atoms with Gasteiger partial charge in [-0.05, 0) is 28.1 Å². The number of nitrogens with one attached hydrogen (secondary N) is 2. The minimum Gasteiger partial charge on any atom is -0.360 e. The molecular formula is C14H10BrF2N7O2S. The third-order valence-electron chi connectivity index (χ3n) is 3.65. The molecule has 13 heteroatoms. The highest BCUT2D eigenvalue weighted by Gasteiger charge is 2.19. The van der Waals surface area contributed by atoms with Gasteiger partial charge in [-0.25, -0.2) is 31.7 Å². The average Bonchev–Trinajstić information content (AvgIpc) is 3.20. The molecule has 3 aromatic heterocycles. The van der Waals surface area contributed by atoms with Crippen molar-refractivity contribution < 1.29 is 17.2 Å². The predicted molar refractivity (Wildman–Crippen MR) is 94.9 cm³/mol. The number of anilines is 1. The molecule has 0 atom stereocenters. The molecule has 0 amide bonds. The number of H-pyrrole nitrogens is 1. The summed E-state index contributed by atoms with van der Waals surface area (Å²) in [6.45, 7) is 0.0378. The van der Waals surface area contributed by atoms with E-state index >= 15 is 0 Å². The molecule has 140 valence electrons. The lowest BCUT2D eigenvalue weighted by Crippen LogP contribution is -2.13. The van der Waals surface area contributed by atoms with E-state index in [0.717, 1.165) is 12.3 Å². The average molecular weight is 458 g/mol. The van der Waals surface area contributed by atoms with E-state index in [9.17, 15) is 17.2 Å². The fraction of sp³-hybridized carbons (Fsp3) is 0.143. The van der Waals surface area contributed by atoms with Gasteiger partial charge in [0.05, 0.1) is 18.3 Å². The van der Waals surface area contributed by atoms with Crippen LogP contribution < -0.4 is 5.32 Å². The van der Waals surface area contributed by atoms with E-state index in [2.05, 4.69) is 46.3 Å². The van der Waals surface area contributed by atoms with Crippen LogP contribution in [-0.4, -0.2) is 44.2 Å². The van der Waals surface area contributed by atoms with Crippen molar-refractivity contribution >= 4 is 48.3 Å². The van der Waals surface area contributed by atoms with Crippen LogP contribution in [0.5, 0.6) is 0 Å². The Kier molecular flexibility index (Phi) is 4.07. The SMILES string of the molecule is CS(=O)(=O)c1nc(NCc2nc3c(F)c(F)ccc3[nH]2)c2ncc(Br)n2n1. The molecule has 2 N–H and O–H groups in total. The summed E-state index contributed by atoms with van der Waals surface area (Å²) in [5.74, 6) is -1.59. The topological polar surface area (TPSA) is 118 Å². The van der Waals surface area contributed by atoms with Gasteiger partial charge in [0.15, 0.2) is 23.1 Å². The van der Waals surface area contributed by atoms with Gasteiger partial charge in [0.25, 0.3) is 5.16 Å². The van der Waals surface area contributed by atoms with Crippen molar-refractivity contribution in [2.75, 3.05) is 11.6 Å². The number of halogens is 3. The molecule has 27 heavy (non-hydrogen) atoms. The fourth-order valence-electron chi connectivity index (χ4n) is 2.43. The van der Waals surface area contributed by atoms with Gasteiger partial charge in [-0.1, -0.05) is 0 Å². The van der Waals surface area contributed by atoms with E-state index in [4.69, 9.17) is 0 Å². The summed E-state index contributed by atoms with van der Waals surface area (Å²) in [5, 5.41) is 6.43. The van der Waals surface area contributed by atoms with Crippen molar-refractivity contribution in [2.24, 2.45) is 0 Å². The van der Waals surface area contributed by atoms with E-state index in [0.29, 0.717) is 15.9 Å². The number of benzene rings is 1. The zero-order valence-corrected chi connectivity index (χ0v) is 15.9. The largest absolute Gasteiger partial charge is 0.360 e. The Bertz CT molecular complexity index is 1300. The van der Waals surface area contributed by atoms with Gasteiger partial charge in [-0.2, -0.15) is 4.98 Å². The molecular weight excluding hydrogens is 448 g/mol. The molecule has 0 aliphatic heterocycles. The second kappa shape index (κ2) is 6.20. The number of fused-ring (bicyclic) bond motifs is 2. The molecule has 0 saturated carbocycles. The highest BCUT2D eigenvalue weighted by molar-refractivity contribution is 9.10. The second-order valence-corrected chi connectivity index (χ2v) is 8.35. The molecule has 3 heterocycles. The first kappa shape index (κ1) is 17.7. The monoisotopic (exact) mass is 457 g/mol. The van der Waals surface area contributed by atoms with Crippen molar-refractivity contribution in [3.63, 3.8) is 0 Å². The quantitative estimate of drug-likeness (QED) is 0.481. The number of imidazole rings is 2. The fourth-order valence-corrected chi connectivity index (χ4v) is 3.27. The van der Waals surface area contributed by atoms with Crippen molar-refractivity contribution in [3.05, 3.63) is 40.4 Å². The van der Waals surface area contributed by atoms with Crippen LogP contribution in [0.4, 0.5) is 14.6 Å². The molecule has 0 fully saturated rings. The predicted octanol–water partition coefficient (Wildman–Crippen LogP) is 2.06. The van der Waals surface area contributed by atoms with Crippen LogP contribution in [0.15, 0.2) is 28.1 Å². The minimum absolute atomic E-state index is 0.0378.